The third kappa shape index (κ3) is 3.55. The van der Waals surface area contributed by atoms with Crippen LogP contribution >= 0.6 is 11.6 Å². The summed E-state index contributed by atoms with van der Waals surface area (Å²) in [5, 5.41) is 3.92. The first kappa shape index (κ1) is 14.9. The van der Waals surface area contributed by atoms with E-state index in [1.807, 2.05) is 0 Å². The maximum absolute atomic E-state index is 13.8. The van der Waals surface area contributed by atoms with E-state index in [1.165, 1.54) is 6.07 Å². The average molecular weight is 298 g/mol. The van der Waals surface area contributed by atoms with Crippen molar-refractivity contribution in [2.24, 2.45) is 11.7 Å². The number of aromatic nitrogens is 2. The molecule has 1 aromatic carbocycles. The number of hydrogen-bond acceptors (Lipinski definition) is 4. The molecule has 0 unspecified atom stereocenters. The van der Waals surface area contributed by atoms with E-state index < -0.39 is 5.82 Å². The van der Waals surface area contributed by atoms with Crippen molar-refractivity contribution in [1.82, 2.24) is 10.1 Å². The van der Waals surface area contributed by atoms with Crippen LogP contribution in [-0.2, 0) is 6.42 Å². The molecule has 0 aliphatic rings. The van der Waals surface area contributed by atoms with Gasteiger partial charge in [0.15, 0.2) is 5.82 Å². The van der Waals surface area contributed by atoms with Crippen molar-refractivity contribution in [3.8, 4) is 0 Å². The fraction of sp³-hybridized carbons (Fsp3) is 0.429. The van der Waals surface area contributed by atoms with Gasteiger partial charge >= 0.3 is 0 Å². The molecule has 2 aromatic rings. The maximum atomic E-state index is 13.8. The van der Waals surface area contributed by atoms with Gasteiger partial charge in [0, 0.05) is 6.42 Å². The Morgan fingerprint density at radius 1 is 1.40 bits per heavy atom. The van der Waals surface area contributed by atoms with E-state index >= 15 is 0 Å². The van der Waals surface area contributed by atoms with Crippen LogP contribution in [0.3, 0.4) is 0 Å². The van der Waals surface area contributed by atoms with Gasteiger partial charge in [0.1, 0.15) is 5.82 Å². The summed E-state index contributed by atoms with van der Waals surface area (Å²) in [6, 6.07) is 4.54. The fourth-order valence-corrected chi connectivity index (χ4v) is 2.15. The smallest absolute Gasteiger partial charge is 0.243 e. The van der Waals surface area contributed by atoms with Gasteiger partial charge in [-0.2, -0.15) is 4.98 Å². The van der Waals surface area contributed by atoms with E-state index in [2.05, 4.69) is 24.0 Å². The summed E-state index contributed by atoms with van der Waals surface area (Å²) >= 11 is 5.73. The molecule has 20 heavy (non-hydrogen) atoms. The van der Waals surface area contributed by atoms with Crippen LogP contribution in [0.5, 0.6) is 0 Å². The summed E-state index contributed by atoms with van der Waals surface area (Å²) < 4.78 is 18.9. The van der Waals surface area contributed by atoms with Crippen LogP contribution in [0, 0.1) is 11.7 Å². The molecule has 0 saturated heterocycles. The topological polar surface area (TPSA) is 64.9 Å². The summed E-state index contributed by atoms with van der Waals surface area (Å²) in [6.45, 7) is 4.14. The Bertz CT molecular complexity index is 586. The minimum Gasteiger partial charge on any atom is -0.338 e. The van der Waals surface area contributed by atoms with Gasteiger partial charge in [0.05, 0.1) is 11.1 Å². The Morgan fingerprint density at radius 2 is 2.15 bits per heavy atom. The molecular weight excluding hydrogens is 281 g/mol. The fourth-order valence-electron chi connectivity index (χ4n) is 1.95. The minimum atomic E-state index is -0.452. The molecular formula is C14H17ClFN3O. The van der Waals surface area contributed by atoms with Crippen molar-refractivity contribution in [3.63, 3.8) is 0 Å². The number of halogens is 2. The van der Waals surface area contributed by atoms with Gasteiger partial charge in [-0.15, -0.1) is 0 Å². The number of benzene rings is 1. The predicted octanol–water partition coefficient (Wildman–Crippen LogP) is 3.50. The molecule has 1 aromatic heterocycles. The van der Waals surface area contributed by atoms with Crippen LogP contribution in [0.1, 0.15) is 43.6 Å². The Morgan fingerprint density at radius 3 is 2.85 bits per heavy atom. The van der Waals surface area contributed by atoms with E-state index in [-0.39, 0.29) is 17.5 Å². The molecule has 0 radical (unpaired) electrons. The van der Waals surface area contributed by atoms with Crippen molar-refractivity contribution >= 4 is 11.6 Å². The normalized spacial score (nSPS) is 12.9. The molecule has 0 amide bonds. The molecule has 2 rings (SSSR count). The standard InChI is InChI=1S/C14H17ClFN3O/c1-8(2)6-11(17)14-18-12(19-20-14)7-9-4-3-5-10(15)13(9)16/h3-5,8,11H,6-7,17H2,1-2H3/t11-/m1/s1. The van der Waals surface area contributed by atoms with Crippen LogP contribution in [0.15, 0.2) is 22.7 Å². The van der Waals surface area contributed by atoms with Crippen molar-refractivity contribution < 1.29 is 8.91 Å². The lowest BCUT2D eigenvalue weighted by molar-refractivity contribution is 0.332. The number of nitrogens with zero attached hydrogens (tertiary/aromatic N) is 2. The van der Waals surface area contributed by atoms with Crippen molar-refractivity contribution in [2.45, 2.75) is 32.7 Å². The number of hydrogen-bond donors (Lipinski definition) is 1. The SMILES string of the molecule is CC(C)C[C@@H](N)c1nc(Cc2cccc(Cl)c2F)no1. The van der Waals surface area contributed by atoms with Gasteiger partial charge in [0.25, 0.3) is 0 Å². The van der Waals surface area contributed by atoms with E-state index in [1.54, 1.807) is 12.1 Å². The molecule has 108 valence electrons. The first-order chi connectivity index (χ1) is 9.47. The summed E-state index contributed by atoms with van der Waals surface area (Å²) in [7, 11) is 0. The summed E-state index contributed by atoms with van der Waals surface area (Å²) in [4.78, 5) is 4.22. The van der Waals surface area contributed by atoms with Crippen molar-refractivity contribution in [2.75, 3.05) is 0 Å². The van der Waals surface area contributed by atoms with Crippen molar-refractivity contribution in [3.05, 3.63) is 46.3 Å². The third-order valence-corrected chi connectivity index (χ3v) is 3.20. The van der Waals surface area contributed by atoms with Gasteiger partial charge in [-0.1, -0.05) is 42.7 Å². The highest BCUT2D eigenvalue weighted by molar-refractivity contribution is 6.30. The molecule has 1 heterocycles. The number of rotatable bonds is 5. The quantitative estimate of drug-likeness (QED) is 0.917. The lowest BCUT2D eigenvalue weighted by Crippen LogP contribution is -2.13. The van der Waals surface area contributed by atoms with Crippen LogP contribution in [0.25, 0.3) is 0 Å². The highest BCUT2D eigenvalue weighted by Crippen LogP contribution is 2.21. The second-order valence-corrected chi connectivity index (χ2v) is 5.58. The van der Waals surface area contributed by atoms with Gasteiger partial charge in [-0.25, -0.2) is 4.39 Å². The molecule has 0 aliphatic heterocycles. The van der Waals surface area contributed by atoms with E-state index in [4.69, 9.17) is 21.9 Å². The molecule has 4 nitrogen and oxygen atoms in total. The van der Waals surface area contributed by atoms with Gasteiger partial charge < -0.3 is 10.3 Å². The molecule has 0 bridgehead atoms. The average Bonchev–Trinajstić information content (AvgIpc) is 2.83. The van der Waals surface area contributed by atoms with Gasteiger partial charge in [-0.3, -0.25) is 0 Å². The number of nitrogens with two attached hydrogens (primary N) is 1. The largest absolute Gasteiger partial charge is 0.338 e. The Kier molecular flexibility index (Phi) is 4.73. The van der Waals surface area contributed by atoms with E-state index in [0.29, 0.717) is 23.2 Å². The monoisotopic (exact) mass is 297 g/mol. The summed E-state index contributed by atoms with van der Waals surface area (Å²) in [6.07, 6.45) is 0.984. The Hall–Kier alpha value is -1.46. The van der Waals surface area contributed by atoms with Crippen LogP contribution in [0.2, 0.25) is 5.02 Å². The van der Waals surface area contributed by atoms with Gasteiger partial charge in [0.2, 0.25) is 5.89 Å². The lowest BCUT2D eigenvalue weighted by atomic mass is 10.0. The third-order valence-electron chi connectivity index (χ3n) is 2.91. The Labute approximate surface area is 122 Å². The van der Waals surface area contributed by atoms with Crippen molar-refractivity contribution in [1.29, 1.82) is 0 Å². The summed E-state index contributed by atoms with van der Waals surface area (Å²) in [5.74, 6) is 0.772. The predicted molar refractivity (Wildman–Crippen MR) is 74.9 cm³/mol. The van der Waals surface area contributed by atoms with Crippen LogP contribution in [0.4, 0.5) is 4.39 Å². The zero-order chi connectivity index (χ0) is 14.7. The van der Waals surface area contributed by atoms with Crippen LogP contribution in [-0.4, -0.2) is 10.1 Å². The zero-order valence-electron chi connectivity index (χ0n) is 11.4. The highest BCUT2D eigenvalue weighted by Gasteiger charge is 2.17. The molecule has 0 fully saturated rings. The van der Waals surface area contributed by atoms with Crippen LogP contribution < -0.4 is 5.73 Å². The van der Waals surface area contributed by atoms with E-state index in [0.717, 1.165) is 6.42 Å². The first-order valence-electron chi connectivity index (χ1n) is 6.48. The van der Waals surface area contributed by atoms with E-state index in [9.17, 15) is 4.39 Å². The molecule has 0 saturated carbocycles. The van der Waals surface area contributed by atoms with Gasteiger partial charge in [-0.05, 0) is 24.0 Å². The molecule has 0 spiro atoms. The highest BCUT2D eigenvalue weighted by atomic mass is 35.5. The second-order valence-electron chi connectivity index (χ2n) is 5.17. The Balaban J connectivity index is 2.11. The molecule has 1 atom stereocenters. The maximum Gasteiger partial charge on any atom is 0.243 e. The minimum absolute atomic E-state index is 0.0859. The molecule has 6 heteroatoms. The second kappa shape index (κ2) is 6.33. The summed E-state index contributed by atoms with van der Waals surface area (Å²) in [5.41, 5.74) is 6.40. The lowest BCUT2D eigenvalue weighted by Gasteiger charge is -2.08. The first-order valence-corrected chi connectivity index (χ1v) is 6.86. The molecule has 0 aliphatic carbocycles. The molecule has 2 N–H and O–H groups in total. The zero-order valence-corrected chi connectivity index (χ0v) is 12.2.